The molecule has 21 heavy (non-hydrogen) atoms. The molecule has 0 saturated heterocycles. The molecule has 112 valence electrons. The van der Waals surface area contributed by atoms with Crippen molar-refractivity contribution in [2.24, 2.45) is 0 Å². The van der Waals surface area contributed by atoms with E-state index >= 15 is 0 Å². The van der Waals surface area contributed by atoms with Gasteiger partial charge in [-0.15, -0.1) is 4.83 Å². The van der Waals surface area contributed by atoms with Crippen molar-refractivity contribution >= 4 is 27.9 Å². The van der Waals surface area contributed by atoms with Crippen LogP contribution < -0.4 is 10.3 Å². The number of nitrogens with one attached hydrogen (secondary N) is 2. The Balaban J connectivity index is 2.75. The van der Waals surface area contributed by atoms with Crippen molar-refractivity contribution in [2.45, 2.75) is 4.90 Å². The van der Waals surface area contributed by atoms with E-state index in [2.05, 4.69) is 0 Å². The van der Waals surface area contributed by atoms with E-state index in [1.807, 2.05) is 0 Å². The summed E-state index contributed by atoms with van der Waals surface area (Å²) < 4.78 is 23.5. The number of hydrazine groups is 1. The van der Waals surface area contributed by atoms with E-state index in [4.69, 9.17) is 10.2 Å². The molecule has 0 aromatic heterocycles. The Labute approximate surface area is 118 Å². The second kappa shape index (κ2) is 6.63. The zero-order chi connectivity index (χ0) is 16.0. The average Bonchev–Trinajstić information content (AvgIpc) is 2.43. The molecule has 9 nitrogen and oxygen atoms in total. The van der Waals surface area contributed by atoms with Crippen LogP contribution in [0.4, 0.5) is 0 Å². The van der Waals surface area contributed by atoms with Gasteiger partial charge in [-0.25, -0.2) is 18.0 Å². The van der Waals surface area contributed by atoms with Crippen molar-refractivity contribution in [1.82, 2.24) is 10.3 Å². The normalized spacial score (nSPS) is 11.2. The minimum Gasteiger partial charge on any atom is -0.478 e. The summed E-state index contributed by atoms with van der Waals surface area (Å²) in [7, 11) is -4.09. The van der Waals surface area contributed by atoms with Crippen LogP contribution in [0.1, 0.15) is 10.4 Å². The van der Waals surface area contributed by atoms with Gasteiger partial charge in [-0.05, 0) is 24.3 Å². The van der Waals surface area contributed by atoms with Crippen LogP contribution in [-0.4, -0.2) is 36.5 Å². The molecule has 4 N–H and O–H groups in total. The Morgan fingerprint density at radius 2 is 1.57 bits per heavy atom. The number of aliphatic carboxylic acids is 1. The Bertz CT molecular complexity index is 692. The largest absolute Gasteiger partial charge is 0.478 e. The molecule has 0 saturated carbocycles. The van der Waals surface area contributed by atoms with E-state index in [1.165, 1.54) is 0 Å². The van der Waals surface area contributed by atoms with Gasteiger partial charge in [0, 0.05) is 12.2 Å². The molecule has 1 aromatic carbocycles. The molecule has 0 atom stereocenters. The van der Waals surface area contributed by atoms with Crippen molar-refractivity contribution in [3.05, 3.63) is 42.0 Å². The maximum absolute atomic E-state index is 11.7. The first kappa shape index (κ1) is 16.3. The van der Waals surface area contributed by atoms with Crippen LogP contribution in [0.15, 0.2) is 41.3 Å². The molecule has 0 aliphatic heterocycles. The molecule has 1 rings (SSSR count). The fourth-order valence-corrected chi connectivity index (χ4v) is 1.99. The minimum absolute atomic E-state index is 0.0950. The summed E-state index contributed by atoms with van der Waals surface area (Å²) in [5, 5.41) is 17.0. The standard InChI is InChI=1S/C11H10N2O7S/c14-9(5-6-10(15)16)12-13-21(19,20)8-3-1-7(2-4-8)11(17)18/h1-6,13H,(H,12,14)(H,15,16)(H,17,18)/b6-5-. The summed E-state index contributed by atoms with van der Waals surface area (Å²) in [4.78, 5) is 33.3. The molecule has 0 aliphatic rings. The molecule has 10 heteroatoms. The third-order valence-electron chi connectivity index (χ3n) is 2.10. The number of carbonyl (C=O) groups is 3. The number of rotatable bonds is 6. The molecule has 0 heterocycles. The van der Waals surface area contributed by atoms with Crippen LogP contribution in [0, 0.1) is 0 Å². The van der Waals surface area contributed by atoms with E-state index in [0.29, 0.717) is 12.2 Å². The van der Waals surface area contributed by atoms with Crippen molar-refractivity contribution in [3.63, 3.8) is 0 Å². The number of aromatic carboxylic acids is 1. The third-order valence-corrected chi connectivity index (χ3v) is 3.36. The van der Waals surface area contributed by atoms with Crippen LogP contribution in [0.3, 0.4) is 0 Å². The number of carboxylic acid groups (broad SMARTS) is 2. The van der Waals surface area contributed by atoms with Gasteiger partial charge >= 0.3 is 11.9 Å². The number of amides is 1. The first-order valence-corrected chi connectivity index (χ1v) is 6.77. The number of benzene rings is 1. The van der Waals surface area contributed by atoms with Crippen LogP contribution in [0.5, 0.6) is 0 Å². The summed E-state index contributed by atoms with van der Waals surface area (Å²) in [6.45, 7) is 0. The van der Waals surface area contributed by atoms with E-state index in [1.54, 1.807) is 10.3 Å². The Morgan fingerprint density at radius 1 is 1.00 bits per heavy atom. The van der Waals surface area contributed by atoms with Gasteiger partial charge in [-0.2, -0.15) is 0 Å². The van der Waals surface area contributed by atoms with Gasteiger partial charge in [0.25, 0.3) is 15.9 Å². The quantitative estimate of drug-likeness (QED) is 0.402. The summed E-state index contributed by atoms with van der Waals surface area (Å²) in [6.07, 6.45) is 1.16. The lowest BCUT2D eigenvalue weighted by Crippen LogP contribution is -2.40. The molecule has 0 unspecified atom stereocenters. The molecule has 1 aromatic rings. The predicted octanol–water partition coefficient (Wildman–Crippen LogP) is -0.665. The molecular weight excluding hydrogens is 304 g/mol. The first-order valence-electron chi connectivity index (χ1n) is 5.28. The molecular formula is C11H10N2O7S. The molecule has 1 amide bonds. The Kier molecular flexibility index (Phi) is 5.16. The first-order chi connectivity index (χ1) is 9.72. The second-order valence-corrected chi connectivity index (χ2v) is 5.28. The summed E-state index contributed by atoms with van der Waals surface area (Å²) in [6, 6.07) is 4.27. The monoisotopic (exact) mass is 314 g/mol. The van der Waals surface area contributed by atoms with E-state index < -0.39 is 27.9 Å². The topological polar surface area (TPSA) is 150 Å². The third kappa shape index (κ3) is 5.04. The fraction of sp³-hybridized carbons (Fsp3) is 0. The summed E-state index contributed by atoms with van der Waals surface area (Å²) >= 11 is 0. The Morgan fingerprint density at radius 3 is 2.05 bits per heavy atom. The van der Waals surface area contributed by atoms with Crippen molar-refractivity contribution in [1.29, 1.82) is 0 Å². The zero-order valence-electron chi connectivity index (χ0n) is 10.3. The number of hydrogen-bond donors (Lipinski definition) is 4. The average molecular weight is 314 g/mol. The maximum atomic E-state index is 11.7. The smallest absolute Gasteiger partial charge is 0.335 e. The summed E-state index contributed by atoms with van der Waals surface area (Å²) in [5.74, 6) is -3.56. The lowest BCUT2D eigenvalue weighted by Gasteiger charge is -2.06. The van der Waals surface area contributed by atoms with Crippen LogP contribution in [-0.2, 0) is 19.6 Å². The van der Waals surface area contributed by atoms with Gasteiger partial charge in [0.05, 0.1) is 10.5 Å². The van der Waals surface area contributed by atoms with Gasteiger partial charge in [-0.3, -0.25) is 10.2 Å². The van der Waals surface area contributed by atoms with Crippen molar-refractivity contribution < 1.29 is 33.0 Å². The number of carbonyl (C=O) groups excluding carboxylic acids is 1. The van der Waals surface area contributed by atoms with Gasteiger partial charge in [-0.1, -0.05) is 0 Å². The SMILES string of the molecule is O=C(O)/C=C\C(=O)NNS(=O)(=O)c1ccc(C(=O)O)cc1. The fourth-order valence-electron chi connectivity index (χ4n) is 1.14. The van der Waals surface area contributed by atoms with Gasteiger partial charge in [0.2, 0.25) is 0 Å². The van der Waals surface area contributed by atoms with Crippen LogP contribution in [0.25, 0.3) is 0 Å². The van der Waals surface area contributed by atoms with Crippen molar-refractivity contribution in [2.75, 3.05) is 0 Å². The summed E-state index contributed by atoms with van der Waals surface area (Å²) in [5.41, 5.74) is 1.68. The highest BCUT2D eigenvalue weighted by atomic mass is 32.2. The molecule has 0 radical (unpaired) electrons. The molecule has 0 spiro atoms. The number of carboxylic acids is 2. The highest BCUT2D eigenvalue weighted by molar-refractivity contribution is 7.89. The lowest BCUT2D eigenvalue weighted by molar-refractivity contribution is -0.131. The molecule has 0 fully saturated rings. The number of hydrogen-bond acceptors (Lipinski definition) is 5. The van der Waals surface area contributed by atoms with E-state index in [0.717, 1.165) is 24.3 Å². The number of sulfonamides is 1. The Hall–Kier alpha value is -2.72. The highest BCUT2D eigenvalue weighted by Crippen LogP contribution is 2.09. The molecule has 0 bridgehead atoms. The predicted molar refractivity (Wildman–Crippen MR) is 68.6 cm³/mol. The van der Waals surface area contributed by atoms with E-state index in [-0.39, 0.29) is 10.5 Å². The second-order valence-electron chi connectivity index (χ2n) is 3.60. The van der Waals surface area contributed by atoms with Gasteiger partial charge in [0.15, 0.2) is 0 Å². The van der Waals surface area contributed by atoms with Crippen LogP contribution >= 0.6 is 0 Å². The minimum atomic E-state index is -4.09. The highest BCUT2D eigenvalue weighted by Gasteiger charge is 2.15. The van der Waals surface area contributed by atoms with E-state index in [9.17, 15) is 22.8 Å². The van der Waals surface area contributed by atoms with Gasteiger partial charge in [0.1, 0.15) is 0 Å². The zero-order valence-corrected chi connectivity index (χ0v) is 11.1. The maximum Gasteiger partial charge on any atom is 0.335 e. The van der Waals surface area contributed by atoms with Crippen LogP contribution in [0.2, 0.25) is 0 Å². The lowest BCUT2D eigenvalue weighted by atomic mass is 10.2. The van der Waals surface area contributed by atoms with Crippen molar-refractivity contribution in [3.8, 4) is 0 Å². The molecule has 0 aliphatic carbocycles. The van der Waals surface area contributed by atoms with Gasteiger partial charge < -0.3 is 10.2 Å².